The number of hydrogen-bond donors (Lipinski definition) is 1. The van der Waals surface area contributed by atoms with Gasteiger partial charge in [-0.1, -0.05) is 0 Å². The van der Waals surface area contributed by atoms with E-state index in [2.05, 4.69) is 4.90 Å². The van der Waals surface area contributed by atoms with Crippen molar-refractivity contribution in [3.05, 3.63) is 0 Å². The Bertz CT molecular complexity index is 235. The lowest BCUT2D eigenvalue weighted by Gasteiger charge is -2.25. The lowest BCUT2D eigenvalue weighted by molar-refractivity contribution is 0.303. The lowest BCUT2D eigenvalue weighted by atomic mass is 10.4. The molecule has 4 nitrogen and oxygen atoms in total. The summed E-state index contributed by atoms with van der Waals surface area (Å²) in [5.41, 5.74) is 0. The molecular formula is C7H16N2O2S2. The molecule has 0 aliphatic carbocycles. The van der Waals surface area contributed by atoms with Crippen molar-refractivity contribution in [2.24, 2.45) is 5.14 Å². The molecule has 0 aromatic carbocycles. The highest BCUT2D eigenvalue weighted by molar-refractivity contribution is 7.99. The summed E-state index contributed by atoms with van der Waals surface area (Å²) in [4.78, 5) is 2.29. The van der Waals surface area contributed by atoms with Crippen LogP contribution in [0.5, 0.6) is 0 Å². The van der Waals surface area contributed by atoms with Gasteiger partial charge in [-0.2, -0.15) is 11.8 Å². The summed E-state index contributed by atoms with van der Waals surface area (Å²) in [5.74, 6) is 2.43. The van der Waals surface area contributed by atoms with Crippen LogP contribution in [0.2, 0.25) is 0 Å². The van der Waals surface area contributed by atoms with E-state index in [1.165, 1.54) is 0 Å². The molecule has 0 aromatic heterocycles. The van der Waals surface area contributed by atoms with Gasteiger partial charge in [-0.05, 0) is 13.0 Å². The molecular weight excluding hydrogens is 208 g/mol. The molecule has 1 aliphatic heterocycles. The molecule has 0 saturated carbocycles. The first-order valence-electron chi connectivity index (χ1n) is 4.38. The molecule has 0 radical (unpaired) electrons. The highest BCUT2D eigenvalue weighted by Crippen LogP contribution is 2.09. The Kier molecular flexibility index (Phi) is 4.51. The normalized spacial score (nSPS) is 20.4. The van der Waals surface area contributed by atoms with Crippen LogP contribution >= 0.6 is 11.8 Å². The van der Waals surface area contributed by atoms with E-state index in [9.17, 15) is 8.42 Å². The molecule has 0 unspecified atom stereocenters. The van der Waals surface area contributed by atoms with Gasteiger partial charge in [0.05, 0.1) is 5.75 Å². The minimum Gasteiger partial charge on any atom is -0.302 e. The molecule has 1 rings (SSSR count). The average molecular weight is 224 g/mol. The third kappa shape index (κ3) is 5.51. The SMILES string of the molecule is NS(=O)(=O)CCCN1CCSCC1. The van der Waals surface area contributed by atoms with Gasteiger partial charge >= 0.3 is 0 Å². The van der Waals surface area contributed by atoms with E-state index in [0.717, 1.165) is 31.1 Å². The molecule has 13 heavy (non-hydrogen) atoms. The molecule has 6 heteroatoms. The van der Waals surface area contributed by atoms with Crippen LogP contribution in [0.4, 0.5) is 0 Å². The Morgan fingerprint density at radius 3 is 2.46 bits per heavy atom. The van der Waals surface area contributed by atoms with E-state index >= 15 is 0 Å². The second-order valence-electron chi connectivity index (χ2n) is 3.17. The predicted octanol–water partition coefficient (Wildman–Crippen LogP) is -0.286. The van der Waals surface area contributed by atoms with Crippen LogP contribution in [0.15, 0.2) is 0 Å². The highest BCUT2D eigenvalue weighted by atomic mass is 32.2. The Balaban J connectivity index is 2.11. The van der Waals surface area contributed by atoms with Crippen molar-refractivity contribution >= 4 is 21.8 Å². The summed E-state index contributed by atoms with van der Waals surface area (Å²) in [6.45, 7) is 3.02. The van der Waals surface area contributed by atoms with Gasteiger partial charge in [0, 0.05) is 24.6 Å². The Labute approximate surface area is 83.9 Å². The van der Waals surface area contributed by atoms with Crippen LogP contribution in [0.3, 0.4) is 0 Å². The van der Waals surface area contributed by atoms with Crippen LogP contribution in [0.1, 0.15) is 6.42 Å². The number of nitrogens with two attached hydrogens (primary N) is 1. The molecule has 0 amide bonds. The number of thioether (sulfide) groups is 1. The molecule has 0 atom stereocenters. The van der Waals surface area contributed by atoms with Crippen molar-refractivity contribution in [1.29, 1.82) is 0 Å². The van der Waals surface area contributed by atoms with Crippen LogP contribution < -0.4 is 5.14 Å². The standard InChI is InChI=1S/C7H16N2O2S2/c8-13(10,11)7-1-2-9-3-5-12-6-4-9/h1-7H2,(H2,8,10,11). The lowest BCUT2D eigenvalue weighted by Crippen LogP contribution is -2.34. The maximum Gasteiger partial charge on any atom is 0.209 e. The molecule has 1 aliphatic rings. The summed E-state index contributed by atoms with van der Waals surface area (Å²) in [5, 5.41) is 4.90. The number of sulfonamides is 1. The maximum absolute atomic E-state index is 10.6. The first-order valence-corrected chi connectivity index (χ1v) is 7.25. The number of primary sulfonamides is 1. The monoisotopic (exact) mass is 224 g/mol. The predicted molar refractivity (Wildman–Crippen MR) is 56.4 cm³/mol. The molecule has 1 saturated heterocycles. The van der Waals surface area contributed by atoms with E-state index in [1.807, 2.05) is 11.8 Å². The fourth-order valence-corrected chi connectivity index (χ4v) is 2.82. The number of hydrogen-bond acceptors (Lipinski definition) is 4. The third-order valence-corrected chi connectivity index (χ3v) is 3.81. The summed E-state index contributed by atoms with van der Waals surface area (Å²) in [6, 6.07) is 0. The van der Waals surface area contributed by atoms with Gasteiger partial charge in [-0.15, -0.1) is 0 Å². The summed E-state index contributed by atoms with van der Waals surface area (Å²) < 4.78 is 21.3. The minimum atomic E-state index is -3.26. The zero-order valence-electron chi connectivity index (χ0n) is 7.61. The van der Waals surface area contributed by atoms with Crippen molar-refractivity contribution in [3.8, 4) is 0 Å². The van der Waals surface area contributed by atoms with Gasteiger partial charge in [-0.25, -0.2) is 13.6 Å². The summed E-state index contributed by atoms with van der Waals surface area (Å²) in [6.07, 6.45) is 0.656. The smallest absolute Gasteiger partial charge is 0.209 e. The van der Waals surface area contributed by atoms with Crippen LogP contribution in [-0.2, 0) is 10.0 Å². The number of rotatable bonds is 4. The first-order chi connectivity index (χ1) is 6.08. The largest absolute Gasteiger partial charge is 0.302 e. The topological polar surface area (TPSA) is 63.4 Å². The summed E-state index contributed by atoms with van der Waals surface area (Å²) >= 11 is 1.95. The maximum atomic E-state index is 10.6. The molecule has 1 heterocycles. The second-order valence-corrected chi connectivity index (χ2v) is 6.13. The summed E-state index contributed by atoms with van der Waals surface area (Å²) in [7, 11) is -3.26. The zero-order valence-corrected chi connectivity index (χ0v) is 9.24. The Morgan fingerprint density at radius 2 is 1.92 bits per heavy atom. The van der Waals surface area contributed by atoms with Gasteiger partial charge < -0.3 is 4.90 Å². The van der Waals surface area contributed by atoms with E-state index < -0.39 is 10.0 Å². The molecule has 2 N–H and O–H groups in total. The van der Waals surface area contributed by atoms with Crippen LogP contribution in [0.25, 0.3) is 0 Å². The minimum absolute atomic E-state index is 0.108. The average Bonchev–Trinajstić information content (AvgIpc) is 2.04. The van der Waals surface area contributed by atoms with Crippen molar-refractivity contribution in [2.45, 2.75) is 6.42 Å². The van der Waals surface area contributed by atoms with Crippen molar-refractivity contribution in [1.82, 2.24) is 4.90 Å². The first kappa shape index (κ1) is 11.3. The fourth-order valence-electron chi connectivity index (χ4n) is 1.31. The third-order valence-electron chi connectivity index (χ3n) is 2.01. The molecule has 0 bridgehead atoms. The quantitative estimate of drug-likeness (QED) is 0.713. The van der Waals surface area contributed by atoms with Crippen LogP contribution in [-0.4, -0.2) is 50.2 Å². The molecule has 1 fully saturated rings. The molecule has 0 aromatic rings. The fraction of sp³-hybridized carbons (Fsp3) is 1.00. The molecule has 78 valence electrons. The molecule has 0 spiro atoms. The Morgan fingerprint density at radius 1 is 1.31 bits per heavy atom. The zero-order chi connectivity index (χ0) is 9.73. The van der Waals surface area contributed by atoms with Crippen molar-refractivity contribution < 1.29 is 8.42 Å². The van der Waals surface area contributed by atoms with E-state index in [-0.39, 0.29) is 5.75 Å². The number of nitrogens with zero attached hydrogens (tertiary/aromatic N) is 1. The van der Waals surface area contributed by atoms with Crippen molar-refractivity contribution in [2.75, 3.05) is 36.9 Å². The van der Waals surface area contributed by atoms with Crippen LogP contribution in [0, 0.1) is 0 Å². The van der Waals surface area contributed by atoms with E-state index in [1.54, 1.807) is 0 Å². The van der Waals surface area contributed by atoms with Gasteiger partial charge in [0.25, 0.3) is 0 Å². The highest BCUT2D eigenvalue weighted by Gasteiger charge is 2.10. The van der Waals surface area contributed by atoms with Crippen molar-refractivity contribution in [3.63, 3.8) is 0 Å². The van der Waals surface area contributed by atoms with E-state index in [4.69, 9.17) is 5.14 Å². The van der Waals surface area contributed by atoms with E-state index in [0.29, 0.717) is 6.42 Å². The Hall–Kier alpha value is 0.220. The van der Waals surface area contributed by atoms with Gasteiger partial charge in [0.2, 0.25) is 10.0 Å². The van der Waals surface area contributed by atoms with Gasteiger partial charge in [0.15, 0.2) is 0 Å². The second kappa shape index (κ2) is 5.19. The van der Waals surface area contributed by atoms with Gasteiger partial charge in [-0.3, -0.25) is 0 Å². The van der Waals surface area contributed by atoms with Gasteiger partial charge in [0.1, 0.15) is 0 Å².